The van der Waals surface area contributed by atoms with E-state index in [0.29, 0.717) is 18.8 Å². The van der Waals surface area contributed by atoms with Crippen LogP contribution in [-0.4, -0.2) is 49.2 Å². The molecule has 2 N–H and O–H groups in total. The fourth-order valence-electron chi connectivity index (χ4n) is 2.34. The van der Waals surface area contributed by atoms with Gasteiger partial charge in [0.25, 0.3) is 5.91 Å². The number of nitrogens with one attached hydrogen (secondary N) is 2. The third kappa shape index (κ3) is 3.98. The summed E-state index contributed by atoms with van der Waals surface area (Å²) in [6.07, 6.45) is 0.0610. The molecule has 2 rings (SSSR count). The molecule has 7 heteroatoms. The molecule has 21 heavy (non-hydrogen) atoms. The van der Waals surface area contributed by atoms with Crippen molar-refractivity contribution in [2.45, 2.75) is 32.6 Å². The van der Waals surface area contributed by atoms with E-state index >= 15 is 0 Å². The summed E-state index contributed by atoms with van der Waals surface area (Å²) < 4.78 is 10.9. The molecule has 2 heterocycles. The Morgan fingerprint density at radius 3 is 2.57 bits per heavy atom. The van der Waals surface area contributed by atoms with Gasteiger partial charge < -0.3 is 24.7 Å². The van der Waals surface area contributed by atoms with Crippen molar-refractivity contribution >= 4 is 11.9 Å². The summed E-state index contributed by atoms with van der Waals surface area (Å²) in [5, 5.41) is 5.26. The topological polar surface area (TPSA) is 83.8 Å². The number of hydrogen-bond acceptors (Lipinski definition) is 4. The second-order valence-corrected chi connectivity index (χ2v) is 5.17. The van der Waals surface area contributed by atoms with E-state index < -0.39 is 0 Å². The fourth-order valence-corrected chi connectivity index (χ4v) is 2.34. The minimum atomic E-state index is -0.289. The number of amides is 3. The molecule has 0 aliphatic carbocycles. The smallest absolute Gasteiger partial charge is 0.317 e. The highest BCUT2D eigenvalue weighted by molar-refractivity contribution is 5.91. The zero-order chi connectivity index (χ0) is 15.4. The average molecular weight is 295 g/mol. The molecule has 7 nitrogen and oxygen atoms in total. The van der Waals surface area contributed by atoms with Crippen LogP contribution in [0.1, 0.15) is 30.2 Å². The molecule has 2 unspecified atom stereocenters. The molecule has 0 spiro atoms. The lowest BCUT2D eigenvalue weighted by Crippen LogP contribution is -2.51. The Morgan fingerprint density at radius 1 is 1.29 bits per heavy atom. The molecule has 0 radical (unpaired) electrons. The van der Waals surface area contributed by atoms with Crippen molar-refractivity contribution < 1.29 is 18.7 Å². The maximum Gasteiger partial charge on any atom is 0.317 e. The summed E-state index contributed by atoms with van der Waals surface area (Å²) in [5.74, 6) is 0.482. The van der Waals surface area contributed by atoms with Crippen LogP contribution in [0.2, 0.25) is 0 Å². The maximum absolute atomic E-state index is 12.1. The molecule has 0 bridgehead atoms. The van der Waals surface area contributed by atoms with Crippen molar-refractivity contribution in [2.75, 3.05) is 20.1 Å². The normalized spacial score (nSPS) is 22.0. The Hall–Kier alpha value is -2.02. The van der Waals surface area contributed by atoms with Crippen LogP contribution in [0.4, 0.5) is 4.79 Å². The number of hydrogen-bond donors (Lipinski definition) is 2. The quantitative estimate of drug-likeness (QED) is 0.870. The first-order valence-corrected chi connectivity index (χ1v) is 6.98. The van der Waals surface area contributed by atoms with Gasteiger partial charge in [0, 0.05) is 20.1 Å². The van der Waals surface area contributed by atoms with E-state index in [1.165, 1.54) is 7.05 Å². The van der Waals surface area contributed by atoms with Gasteiger partial charge in [-0.3, -0.25) is 4.79 Å². The van der Waals surface area contributed by atoms with Crippen LogP contribution in [0.3, 0.4) is 0 Å². The first-order chi connectivity index (χ1) is 9.99. The number of carbonyl (C=O) groups excluding carboxylic acids is 2. The molecule has 1 saturated heterocycles. The lowest BCUT2D eigenvalue weighted by Gasteiger charge is -2.35. The minimum Gasteiger partial charge on any atom is -0.454 e. The van der Waals surface area contributed by atoms with Gasteiger partial charge in [-0.1, -0.05) is 0 Å². The van der Waals surface area contributed by atoms with Crippen molar-refractivity contribution in [3.63, 3.8) is 0 Å². The molecule has 0 aromatic carbocycles. The van der Waals surface area contributed by atoms with Gasteiger partial charge in [0.05, 0.1) is 18.8 Å². The summed E-state index contributed by atoms with van der Waals surface area (Å²) in [7, 11) is 1.53. The van der Waals surface area contributed by atoms with Crippen LogP contribution in [0.25, 0.3) is 0 Å². The molecule has 1 aromatic rings. The Bertz CT molecular complexity index is 504. The molecule has 1 aliphatic heterocycles. The average Bonchev–Trinajstić information content (AvgIpc) is 2.91. The highest BCUT2D eigenvalue weighted by Crippen LogP contribution is 2.11. The largest absolute Gasteiger partial charge is 0.454 e. The van der Waals surface area contributed by atoms with Crippen molar-refractivity contribution in [1.29, 1.82) is 0 Å². The van der Waals surface area contributed by atoms with Crippen molar-refractivity contribution in [3.8, 4) is 0 Å². The molecule has 1 aliphatic rings. The third-order valence-electron chi connectivity index (χ3n) is 3.23. The van der Waals surface area contributed by atoms with Crippen LogP contribution in [0.5, 0.6) is 0 Å². The summed E-state index contributed by atoms with van der Waals surface area (Å²) in [6.45, 7) is 5.27. The van der Waals surface area contributed by atoms with Gasteiger partial charge in [-0.05, 0) is 26.0 Å². The van der Waals surface area contributed by atoms with Crippen LogP contribution >= 0.6 is 0 Å². The van der Waals surface area contributed by atoms with Crippen LogP contribution < -0.4 is 10.6 Å². The van der Waals surface area contributed by atoms with Crippen LogP contribution in [0.15, 0.2) is 16.5 Å². The first kappa shape index (κ1) is 15.4. The van der Waals surface area contributed by atoms with Crippen LogP contribution in [0, 0.1) is 0 Å². The van der Waals surface area contributed by atoms with E-state index in [2.05, 4.69) is 10.6 Å². The predicted octanol–water partition coefficient (Wildman–Crippen LogP) is 0.958. The summed E-state index contributed by atoms with van der Waals surface area (Å²) in [6, 6.07) is 3.10. The van der Waals surface area contributed by atoms with Crippen LogP contribution in [-0.2, 0) is 11.3 Å². The van der Waals surface area contributed by atoms with Gasteiger partial charge in [0.2, 0.25) is 0 Å². The number of urea groups is 1. The predicted molar refractivity (Wildman–Crippen MR) is 75.9 cm³/mol. The van der Waals surface area contributed by atoms with E-state index in [0.717, 1.165) is 0 Å². The minimum absolute atomic E-state index is 0.0305. The van der Waals surface area contributed by atoms with E-state index in [9.17, 15) is 9.59 Å². The molecular weight excluding hydrogens is 274 g/mol. The van der Waals surface area contributed by atoms with Gasteiger partial charge in [0.1, 0.15) is 5.76 Å². The first-order valence-electron chi connectivity index (χ1n) is 6.98. The lowest BCUT2D eigenvalue weighted by molar-refractivity contribution is -0.0545. The molecule has 2 atom stereocenters. The second-order valence-electron chi connectivity index (χ2n) is 5.17. The molecule has 1 aromatic heterocycles. The molecular formula is C14H21N3O4. The number of furan rings is 1. The Balaban J connectivity index is 1.86. The van der Waals surface area contributed by atoms with Gasteiger partial charge in [0.15, 0.2) is 5.76 Å². The van der Waals surface area contributed by atoms with Crippen molar-refractivity contribution in [1.82, 2.24) is 15.5 Å². The zero-order valence-electron chi connectivity index (χ0n) is 12.5. The molecule has 0 saturated carbocycles. The highest BCUT2D eigenvalue weighted by Gasteiger charge is 2.25. The van der Waals surface area contributed by atoms with Gasteiger partial charge in [-0.15, -0.1) is 0 Å². The van der Waals surface area contributed by atoms with E-state index in [4.69, 9.17) is 9.15 Å². The highest BCUT2D eigenvalue weighted by atomic mass is 16.5. The summed E-state index contributed by atoms with van der Waals surface area (Å²) in [4.78, 5) is 25.2. The van der Waals surface area contributed by atoms with E-state index in [1.54, 1.807) is 17.0 Å². The van der Waals surface area contributed by atoms with E-state index in [-0.39, 0.29) is 36.5 Å². The molecule has 116 valence electrons. The second kappa shape index (κ2) is 6.62. The Kier molecular flexibility index (Phi) is 4.85. The Labute approximate surface area is 123 Å². The lowest BCUT2D eigenvalue weighted by atomic mass is 10.2. The molecule has 1 fully saturated rings. The SMILES string of the molecule is CNC(=O)c1ccc(CNC(=O)N2CC(C)OC(C)C2)o1. The number of carbonyl (C=O) groups is 2. The summed E-state index contributed by atoms with van der Waals surface area (Å²) in [5.41, 5.74) is 0. The summed E-state index contributed by atoms with van der Waals surface area (Å²) >= 11 is 0. The van der Waals surface area contributed by atoms with Gasteiger partial charge in [-0.25, -0.2) is 4.79 Å². The number of ether oxygens (including phenoxy) is 1. The standard InChI is InChI=1S/C14H21N3O4/c1-9-7-17(8-10(2)20-9)14(19)16-6-11-4-5-12(21-11)13(18)15-3/h4-5,9-10H,6-8H2,1-3H3,(H,15,18)(H,16,19). The third-order valence-corrected chi connectivity index (χ3v) is 3.23. The molecule has 3 amide bonds. The van der Waals surface area contributed by atoms with E-state index in [1.807, 2.05) is 13.8 Å². The van der Waals surface area contributed by atoms with Gasteiger partial charge in [-0.2, -0.15) is 0 Å². The number of rotatable bonds is 3. The number of nitrogens with zero attached hydrogens (tertiary/aromatic N) is 1. The van der Waals surface area contributed by atoms with Crippen molar-refractivity contribution in [2.24, 2.45) is 0 Å². The fraction of sp³-hybridized carbons (Fsp3) is 0.571. The monoisotopic (exact) mass is 295 g/mol. The Morgan fingerprint density at radius 2 is 1.95 bits per heavy atom. The van der Waals surface area contributed by atoms with Crippen molar-refractivity contribution in [3.05, 3.63) is 23.7 Å². The van der Waals surface area contributed by atoms with Gasteiger partial charge >= 0.3 is 6.03 Å². The number of morpholine rings is 1. The zero-order valence-corrected chi connectivity index (χ0v) is 12.5. The maximum atomic E-state index is 12.1.